The molecule has 0 spiro atoms. The molecule has 1 aromatic carbocycles. The van der Waals surface area contributed by atoms with Gasteiger partial charge in [-0.05, 0) is 38.2 Å². The van der Waals surface area contributed by atoms with Crippen LogP contribution < -0.4 is 0 Å². The minimum Gasteiger partial charge on any atom is -0.341 e. The second-order valence-electron chi connectivity index (χ2n) is 6.99. The van der Waals surface area contributed by atoms with E-state index >= 15 is 0 Å². The molecule has 24 heavy (non-hydrogen) atoms. The van der Waals surface area contributed by atoms with Crippen LogP contribution in [0.1, 0.15) is 12.0 Å². The molecule has 0 radical (unpaired) electrons. The van der Waals surface area contributed by atoms with Gasteiger partial charge in [0.15, 0.2) is 9.84 Å². The molecule has 3 atom stereocenters. The van der Waals surface area contributed by atoms with Gasteiger partial charge in [0.1, 0.15) is 0 Å². The quantitative estimate of drug-likeness (QED) is 0.805. The van der Waals surface area contributed by atoms with Crippen molar-refractivity contribution in [2.75, 3.05) is 32.9 Å². The van der Waals surface area contributed by atoms with Crippen LogP contribution >= 0.6 is 11.6 Å². The summed E-state index contributed by atoms with van der Waals surface area (Å²) in [5, 5.41) is 0.260. The molecule has 0 saturated carbocycles. The normalized spacial score (nSPS) is 28.3. The predicted octanol–water partition coefficient (Wildman–Crippen LogP) is 1.46. The smallest absolute Gasteiger partial charge is 0.222 e. The number of nitrogens with zero attached hydrogens (tertiary/aromatic N) is 2. The average Bonchev–Trinajstić information content (AvgIpc) is 3.05. The number of carbonyl (C=O) groups excluding carboxylic acids is 1. The fraction of sp³-hybridized carbons (Fsp3) is 0.588. The Hall–Kier alpha value is -1.11. The number of carbonyl (C=O) groups is 1. The molecule has 132 valence electrons. The standard InChI is InChI=1S/C17H23ClN2O3S/c1-19(2)15-11-24(22,23)16-10-20(9-14(15)16)17(21)7-6-12-4-3-5-13(18)8-12/h3-5,8,14-16H,6-7,9-11H2,1-2H3/t14-,15+,16-/m0/s1. The topological polar surface area (TPSA) is 57.7 Å². The summed E-state index contributed by atoms with van der Waals surface area (Å²) in [6.07, 6.45) is 1.00. The van der Waals surface area contributed by atoms with Gasteiger partial charge in [0.05, 0.1) is 11.0 Å². The zero-order chi connectivity index (χ0) is 17.5. The van der Waals surface area contributed by atoms with E-state index in [4.69, 9.17) is 11.6 Å². The van der Waals surface area contributed by atoms with Crippen LogP contribution in [0.3, 0.4) is 0 Å². The molecule has 0 bridgehead atoms. The molecule has 2 heterocycles. The van der Waals surface area contributed by atoms with Crippen LogP contribution in [0.4, 0.5) is 0 Å². The molecule has 1 amide bonds. The Balaban J connectivity index is 1.64. The molecule has 2 fully saturated rings. The van der Waals surface area contributed by atoms with Crippen LogP contribution in [-0.2, 0) is 21.1 Å². The van der Waals surface area contributed by atoms with Crippen molar-refractivity contribution >= 4 is 27.3 Å². The third-order valence-corrected chi connectivity index (χ3v) is 7.66. The van der Waals surface area contributed by atoms with Gasteiger partial charge in [-0.3, -0.25) is 4.79 Å². The second-order valence-corrected chi connectivity index (χ2v) is 9.69. The highest BCUT2D eigenvalue weighted by Crippen LogP contribution is 2.36. The van der Waals surface area contributed by atoms with E-state index in [2.05, 4.69) is 0 Å². The first-order valence-corrected chi connectivity index (χ1v) is 10.3. The summed E-state index contributed by atoms with van der Waals surface area (Å²) in [6.45, 7) is 0.882. The molecule has 2 aliphatic heterocycles. The molecule has 3 rings (SSSR count). The van der Waals surface area contributed by atoms with E-state index in [0.717, 1.165) is 5.56 Å². The van der Waals surface area contributed by atoms with Crippen LogP contribution in [-0.4, -0.2) is 68.4 Å². The van der Waals surface area contributed by atoms with Crippen molar-refractivity contribution in [3.05, 3.63) is 34.9 Å². The van der Waals surface area contributed by atoms with Crippen LogP contribution in [0.25, 0.3) is 0 Å². The van der Waals surface area contributed by atoms with Crippen molar-refractivity contribution in [1.29, 1.82) is 0 Å². The van der Waals surface area contributed by atoms with Gasteiger partial charge in [-0.15, -0.1) is 0 Å². The Morgan fingerprint density at radius 1 is 1.33 bits per heavy atom. The summed E-state index contributed by atoms with van der Waals surface area (Å²) in [5.74, 6) is 0.261. The minimum atomic E-state index is -3.11. The van der Waals surface area contributed by atoms with E-state index in [1.54, 1.807) is 11.0 Å². The van der Waals surface area contributed by atoms with Gasteiger partial charge in [-0.2, -0.15) is 0 Å². The van der Waals surface area contributed by atoms with E-state index in [9.17, 15) is 13.2 Å². The molecule has 5 nitrogen and oxygen atoms in total. The lowest BCUT2D eigenvalue weighted by molar-refractivity contribution is -0.130. The van der Waals surface area contributed by atoms with E-state index in [1.807, 2.05) is 37.2 Å². The van der Waals surface area contributed by atoms with Crippen molar-refractivity contribution in [1.82, 2.24) is 9.80 Å². The number of hydrogen-bond acceptors (Lipinski definition) is 4. The number of amides is 1. The number of hydrogen-bond donors (Lipinski definition) is 0. The first-order valence-electron chi connectivity index (χ1n) is 8.18. The van der Waals surface area contributed by atoms with Gasteiger partial charge in [-0.25, -0.2) is 8.42 Å². The van der Waals surface area contributed by atoms with Gasteiger partial charge in [0.25, 0.3) is 0 Å². The lowest BCUT2D eigenvalue weighted by atomic mass is 10.00. The average molecular weight is 371 g/mol. The van der Waals surface area contributed by atoms with Crippen molar-refractivity contribution < 1.29 is 13.2 Å². The summed E-state index contributed by atoms with van der Waals surface area (Å²) in [7, 11) is 0.708. The minimum absolute atomic E-state index is 0.00531. The molecule has 0 aromatic heterocycles. The van der Waals surface area contributed by atoms with E-state index in [1.165, 1.54) is 0 Å². The highest BCUT2D eigenvalue weighted by Gasteiger charge is 2.53. The van der Waals surface area contributed by atoms with Gasteiger partial charge in [-0.1, -0.05) is 23.7 Å². The highest BCUT2D eigenvalue weighted by atomic mass is 35.5. The number of sulfone groups is 1. The SMILES string of the molecule is CN(C)[C@@H]1CS(=O)(=O)[C@H]2CN(C(=O)CCc3cccc(Cl)c3)C[C@@H]12. The summed E-state index contributed by atoms with van der Waals surface area (Å²) in [6, 6.07) is 7.49. The summed E-state index contributed by atoms with van der Waals surface area (Å²) in [5.41, 5.74) is 1.02. The van der Waals surface area contributed by atoms with Crippen molar-refractivity contribution in [3.8, 4) is 0 Å². The number of likely N-dealkylation sites (tertiary alicyclic amines) is 1. The maximum absolute atomic E-state index is 12.5. The van der Waals surface area contributed by atoms with Crippen LogP contribution in [0.15, 0.2) is 24.3 Å². The molecule has 7 heteroatoms. The molecule has 0 unspecified atom stereocenters. The van der Waals surface area contributed by atoms with Crippen molar-refractivity contribution in [3.63, 3.8) is 0 Å². The fourth-order valence-electron chi connectivity index (χ4n) is 3.87. The highest BCUT2D eigenvalue weighted by molar-refractivity contribution is 7.92. The summed E-state index contributed by atoms with van der Waals surface area (Å²) in [4.78, 5) is 16.2. The Morgan fingerprint density at radius 3 is 2.75 bits per heavy atom. The number of benzene rings is 1. The maximum Gasteiger partial charge on any atom is 0.222 e. The number of rotatable bonds is 4. The zero-order valence-corrected chi connectivity index (χ0v) is 15.6. The molecule has 0 aliphatic carbocycles. The second kappa shape index (κ2) is 6.65. The van der Waals surface area contributed by atoms with Crippen LogP contribution in [0.2, 0.25) is 5.02 Å². The van der Waals surface area contributed by atoms with E-state index < -0.39 is 15.1 Å². The van der Waals surface area contributed by atoms with Gasteiger partial charge >= 0.3 is 0 Å². The van der Waals surface area contributed by atoms with Crippen molar-refractivity contribution in [2.24, 2.45) is 5.92 Å². The molecule has 2 aliphatic rings. The third kappa shape index (κ3) is 3.46. The molecule has 1 aromatic rings. The van der Waals surface area contributed by atoms with Crippen LogP contribution in [0.5, 0.6) is 0 Å². The molecule has 2 saturated heterocycles. The Morgan fingerprint density at radius 2 is 2.08 bits per heavy atom. The predicted molar refractivity (Wildman–Crippen MR) is 94.9 cm³/mol. The Labute approximate surface area is 148 Å². The van der Waals surface area contributed by atoms with Gasteiger partial charge < -0.3 is 9.80 Å². The lowest BCUT2D eigenvalue weighted by Gasteiger charge is -2.25. The molecular formula is C17H23ClN2O3S. The van der Waals surface area contributed by atoms with E-state index in [-0.39, 0.29) is 23.6 Å². The zero-order valence-electron chi connectivity index (χ0n) is 14.0. The molecular weight excluding hydrogens is 348 g/mol. The largest absolute Gasteiger partial charge is 0.341 e. The van der Waals surface area contributed by atoms with Gasteiger partial charge in [0.2, 0.25) is 5.91 Å². The number of halogens is 1. The number of fused-ring (bicyclic) bond motifs is 1. The Kier molecular flexibility index (Phi) is 4.91. The number of aryl methyl sites for hydroxylation is 1. The van der Waals surface area contributed by atoms with Crippen molar-refractivity contribution in [2.45, 2.75) is 24.1 Å². The summed E-state index contributed by atoms with van der Waals surface area (Å²) < 4.78 is 24.7. The van der Waals surface area contributed by atoms with Gasteiger partial charge in [0, 0.05) is 36.5 Å². The monoisotopic (exact) mass is 370 g/mol. The Bertz CT molecular complexity index is 735. The fourth-order valence-corrected chi connectivity index (χ4v) is 6.56. The third-order valence-electron chi connectivity index (χ3n) is 5.20. The van der Waals surface area contributed by atoms with Crippen LogP contribution in [0, 0.1) is 5.92 Å². The van der Waals surface area contributed by atoms with E-state index in [0.29, 0.717) is 31.0 Å². The summed E-state index contributed by atoms with van der Waals surface area (Å²) >= 11 is 5.96. The first kappa shape index (κ1) is 17.7. The lowest BCUT2D eigenvalue weighted by Crippen LogP contribution is -2.38. The first-order chi connectivity index (χ1) is 11.3. The molecule has 0 N–H and O–H groups in total. The maximum atomic E-state index is 12.5.